The molecule has 0 radical (unpaired) electrons. The van der Waals surface area contributed by atoms with Gasteiger partial charge in [0.1, 0.15) is 5.01 Å². The van der Waals surface area contributed by atoms with Gasteiger partial charge < -0.3 is 9.47 Å². The van der Waals surface area contributed by atoms with Gasteiger partial charge in [0.05, 0.1) is 14.2 Å². The molecule has 0 unspecified atom stereocenters. The highest BCUT2D eigenvalue weighted by molar-refractivity contribution is 7.18. The van der Waals surface area contributed by atoms with Crippen LogP contribution in [0.3, 0.4) is 0 Å². The number of carbonyl (C=O) groups excluding carboxylic acids is 1. The minimum Gasteiger partial charge on any atom is -0.493 e. The van der Waals surface area contributed by atoms with E-state index in [0.29, 0.717) is 16.6 Å². The number of aryl methyl sites for hydroxylation is 1. The van der Waals surface area contributed by atoms with Crippen molar-refractivity contribution in [2.24, 2.45) is 0 Å². The van der Waals surface area contributed by atoms with Gasteiger partial charge in [-0.25, -0.2) is 0 Å². The van der Waals surface area contributed by atoms with Crippen LogP contribution in [0.15, 0.2) is 48.5 Å². The summed E-state index contributed by atoms with van der Waals surface area (Å²) in [6.07, 6.45) is 3.14. The molecule has 7 heteroatoms. The van der Waals surface area contributed by atoms with Gasteiger partial charge >= 0.3 is 0 Å². The number of nitrogens with zero attached hydrogens (tertiary/aromatic N) is 2. The van der Waals surface area contributed by atoms with Gasteiger partial charge in [-0.05, 0) is 36.3 Å². The molecule has 1 aromatic heterocycles. The Morgan fingerprint density at radius 2 is 1.85 bits per heavy atom. The van der Waals surface area contributed by atoms with Crippen LogP contribution in [-0.2, 0) is 4.79 Å². The molecule has 6 nitrogen and oxygen atoms in total. The van der Waals surface area contributed by atoms with Gasteiger partial charge in [0.2, 0.25) is 11.0 Å². The van der Waals surface area contributed by atoms with Crippen molar-refractivity contribution in [3.63, 3.8) is 0 Å². The van der Waals surface area contributed by atoms with Crippen LogP contribution in [0.25, 0.3) is 16.6 Å². The zero-order chi connectivity index (χ0) is 19.2. The molecule has 1 amide bonds. The number of carbonyl (C=O) groups is 1. The first kappa shape index (κ1) is 18.6. The number of benzene rings is 2. The molecule has 0 saturated heterocycles. The maximum atomic E-state index is 12.2. The van der Waals surface area contributed by atoms with Gasteiger partial charge in [0.25, 0.3) is 0 Å². The molecule has 0 saturated carbocycles. The highest BCUT2D eigenvalue weighted by atomic mass is 32.1. The Balaban J connectivity index is 1.68. The summed E-state index contributed by atoms with van der Waals surface area (Å²) in [4.78, 5) is 12.2. The zero-order valence-corrected chi connectivity index (χ0v) is 16.0. The summed E-state index contributed by atoms with van der Waals surface area (Å²) in [7, 11) is 3.15. The first-order valence-electron chi connectivity index (χ1n) is 8.21. The fraction of sp³-hybridized carbons (Fsp3) is 0.150. The molecule has 1 N–H and O–H groups in total. The molecule has 2 aromatic carbocycles. The van der Waals surface area contributed by atoms with Gasteiger partial charge in [0, 0.05) is 11.6 Å². The fourth-order valence-corrected chi connectivity index (χ4v) is 3.31. The molecule has 0 aliphatic rings. The topological polar surface area (TPSA) is 73.3 Å². The Bertz CT molecular complexity index is 982. The van der Waals surface area contributed by atoms with E-state index in [9.17, 15) is 4.79 Å². The smallest absolute Gasteiger partial charge is 0.250 e. The number of aromatic nitrogens is 2. The maximum absolute atomic E-state index is 12.2. The Morgan fingerprint density at radius 3 is 2.59 bits per heavy atom. The van der Waals surface area contributed by atoms with Gasteiger partial charge in [-0.2, -0.15) is 0 Å². The molecule has 0 aliphatic heterocycles. The van der Waals surface area contributed by atoms with Crippen LogP contribution in [0.4, 0.5) is 5.13 Å². The third-order valence-corrected chi connectivity index (χ3v) is 4.74. The number of hydrogen-bond donors (Lipinski definition) is 1. The van der Waals surface area contributed by atoms with E-state index < -0.39 is 0 Å². The SMILES string of the molecule is COc1ccc(C=CC(=O)Nc2nnc(-c3ccccc3C)s2)cc1OC. The number of hydrogen-bond acceptors (Lipinski definition) is 6. The summed E-state index contributed by atoms with van der Waals surface area (Å²) in [5.41, 5.74) is 2.94. The Kier molecular flexibility index (Phi) is 5.83. The molecular formula is C20H19N3O3S. The molecule has 3 aromatic rings. The van der Waals surface area contributed by atoms with E-state index in [1.54, 1.807) is 32.4 Å². The number of anilines is 1. The zero-order valence-electron chi connectivity index (χ0n) is 15.2. The summed E-state index contributed by atoms with van der Waals surface area (Å²) in [5.74, 6) is 0.959. The second-order valence-electron chi connectivity index (χ2n) is 5.66. The van der Waals surface area contributed by atoms with Crippen LogP contribution in [0.5, 0.6) is 11.5 Å². The number of ether oxygens (including phenoxy) is 2. The average Bonchev–Trinajstić information content (AvgIpc) is 3.14. The molecule has 0 bridgehead atoms. The monoisotopic (exact) mass is 381 g/mol. The van der Waals surface area contributed by atoms with Crippen LogP contribution in [-0.4, -0.2) is 30.3 Å². The van der Waals surface area contributed by atoms with Gasteiger partial charge in [-0.3, -0.25) is 10.1 Å². The lowest BCUT2D eigenvalue weighted by atomic mass is 10.1. The minimum absolute atomic E-state index is 0.280. The third kappa shape index (κ3) is 4.51. The third-order valence-electron chi connectivity index (χ3n) is 3.87. The lowest BCUT2D eigenvalue weighted by molar-refractivity contribution is -0.111. The molecule has 3 rings (SSSR count). The van der Waals surface area contributed by atoms with E-state index in [0.717, 1.165) is 21.7 Å². The fourth-order valence-electron chi connectivity index (χ4n) is 2.47. The van der Waals surface area contributed by atoms with Crippen molar-refractivity contribution in [1.29, 1.82) is 0 Å². The van der Waals surface area contributed by atoms with Crippen molar-refractivity contribution in [2.75, 3.05) is 19.5 Å². The first-order chi connectivity index (χ1) is 13.1. The lowest BCUT2D eigenvalue weighted by Gasteiger charge is -2.07. The quantitative estimate of drug-likeness (QED) is 0.649. The van der Waals surface area contributed by atoms with Crippen LogP contribution in [0, 0.1) is 6.92 Å². The predicted molar refractivity (Wildman–Crippen MR) is 107 cm³/mol. The van der Waals surface area contributed by atoms with Crippen molar-refractivity contribution < 1.29 is 14.3 Å². The predicted octanol–water partition coefficient (Wildman–Crippen LogP) is 4.18. The number of methoxy groups -OCH3 is 2. The summed E-state index contributed by atoms with van der Waals surface area (Å²) in [5, 5.41) is 12.2. The van der Waals surface area contributed by atoms with E-state index in [4.69, 9.17) is 9.47 Å². The first-order valence-corrected chi connectivity index (χ1v) is 9.03. The molecule has 0 aliphatic carbocycles. The minimum atomic E-state index is -0.280. The molecule has 0 spiro atoms. The summed E-state index contributed by atoms with van der Waals surface area (Å²) < 4.78 is 10.5. The molecular weight excluding hydrogens is 362 g/mol. The van der Waals surface area contributed by atoms with Crippen molar-refractivity contribution in [2.45, 2.75) is 6.92 Å². The Hall–Kier alpha value is -3.19. The second kappa shape index (κ2) is 8.46. The van der Waals surface area contributed by atoms with E-state index in [1.165, 1.54) is 17.4 Å². The number of nitrogens with one attached hydrogen (secondary N) is 1. The van der Waals surface area contributed by atoms with Crippen LogP contribution < -0.4 is 14.8 Å². The molecule has 1 heterocycles. The molecule has 0 atom stereocenters. The van der Waals surface area contributed by atoms with E-state index in [-0.39, 0.29) is 5.91 Å². The Morgan fingerprint density at radius 1 is 1.07 bits per heavy atom. The van der Waals surface area contributed by atoms with E-state index >= 15 is 0 Å². The summed E-state index contributed by atoms with van der Waals surface area (Å²) in [6, 6.07) is 13.3. The van der Waals surface area contributed by atoms with Gasteiger partial charge in [0.15, 0.2) is 11.5 Å². The highest BCUT2D eigenvalue weighted by Gasteiger charge is 2.10. The summed E-state index contributed by atoms with van der Waals surface area (Å²) >= 11 is 1.34. The van der Waals surface area contributed by atoms with Crippen molar-refractivity contribution in [1.82, 2.24) is 10.2 Å². The normalized spacial score (nSPS) is 10.8. The van der Waals surface area contributed by atoms with Crippen LogP contribution >= 0.6 is 11.3 Å². The maximum Gasteiger partial charge on any atom is 0.250 e. The van der Waals surface area contributed by atoms with Crippen molar-refractivity contribution in [3.05, 3.63) is 59.7 Å². The van der Waals surface area contributed by atoms with Crippen molar-refractivity contribution in [3.8, 4) is 22.1 Å². The highest BCUT2D eigenvalue weighted by Crippen LogP contribution is 2.29. The standard InChI is InChI=1S/C20H19N3O3S/c1-13-6-4-5-7-15(13)19-22-23-20(27-19)21-18(24)11-9-14-8-10-16(25-2)17(12-14)26-3/h4-12H,1-3H3,(H,21,23,24). The van der Waals surface area contributed by atoms with Gasteiger partial charge in [-0.15, -0.1) is 10.2 Å². The molecule has 0 fully saturated rings. The molecule has 138 valence electrons. The number of rotatable bonds is 6. The summed E-state index contributed by atoms with van der Waals surface area (Å²) in [6.45, 7) is 2.01. The molecule has 27 heavy (non-hydrogen) atoms. The average molecular weight is 381 g/mol. The van der Waals surface area contributed by atoms with E-state index in [1.807, 2.05) is 37.3 Å². The number of amides is 1. The lowest BCUT2D eigenvalue weighted by Crippen LogP contribution is -2.07. The van der Waals surface area contributed by atoms with Gasteiger partial charge in [-0.1, -0.05) is 41.7 Å². The van der Waals surface area contributed by atoms with Crippen LogP contribution in [0.1, 0.15) is 11.1 Å². The van der Waals surface area contributed by atoms with Crippen molar-refractivity contribution >= 4 is 28.5 Å². The van der Waals surface area contributed by atoms with E-state index in [2.05, 4.69) is 15.5 Å². The second-order valence-corrected chi connectivity index (χ2v) is 6.64. The Labute approximate surface area is 161 Å². The largest absolute Gasteiger partial charge is 0.493 e. The van der Waals surface area contributed by atoms with Crippen LogP contribution in [0.2, 0.25) is 0 Å².